The van der Waals surface area contributed by atoms with Gasteiger partial charge in [-0.15, -0.1) is 0 Å². The topological polar surface area (TPSA) is 80.5 Å². The minimum absolute atomic E-state index is 0.133. The van der Waals surface area contributed by atoms with Crippen LogP contribution in [-0.2, 0) is 9.59 Å². The summed E-state index contributed by atoms with van der Waals surface area (Å²) in [5.41, 5.74) is 0.358. The van der Waals surface area contributed by atoms with Crippen LogP contribution in [0.25, 0.3) is 0 Å². The summed E-state index contributed by atoms with van der Waals surface area (Å²) in [7, 11) is 0. The predicted octanol–water partition coefficient (Wildman–Crippen LogP) is 2.93. The molecule has 2 bridgehead atoms. The molecule has 6 heteroatoms. The Kier molecular flexibility index (Phi) is 3.13. The fourth-order valence-corrected chi connectivity index (χ4v) is 4.92. The molecule has 0 radical (unpaired) electrons. The van der Waals surface area contributed by atoms with Gasteiger partial charge in [0.2, 0.25) is 12.3 Å². The summed E-state index contributed by atoms with van der Waals surface area (Å²) < 4.78 is 0. The fourth-order valence-electron chi connectivity index (χ4n) is 4.92. The number of nitrogens with zero attached hydrogens (tertiary/aromatic N) is 2. The van der Waals surface area contributed by atoms with Gasteiger partial charge in [0.05, 0.1) is 10.6 Å². The maximum Gasteiger partial charge on any atom is 0.271 e. The van der Waals surface area contributed by atoms with Crippen molar-refractivity contribution in [3.8, 4) is 0 Å². The third-order valence-electron chi connectivity index (χ3n) is 6.15. The van der Waals surface area contributed by atoms with Gasteiger partial charge in [0, 0.05) is 18.1 Å². The molecule has 0 aromatic heterocycles. The number of carbonyl (C=O) groups excluding carboxylic acids is 2. The first kappa shape index (κ1) is 15.1. The van der Waals surface area contributed by atoms with Crippen molar-refractivity contribution >= 4 is 23.7 Å². The van der Waals surface area contributed by atoms with E-state index in [2.05, 4.69) is 19.1 Å². The average molecular weight is 326 g/mol. The zero-order valence-electron chi connectivity index (χ0n) is 13.3. The minimum Gasteiger partial charge on any atom is -0.278 e. The van der Waals surface area contributed by atoms with E-state index in [-0.39, 0.29) is 40.5 Å². The van der Waals surface area contributed by atoms with Crippen molar-refractivity contribution < 1.29 is 14.5 Å². The van der Waals surface area contributed by atoms with E-state index in [0.29, 0.717) is 12.3 Å². The zero-order valence-corrected chi connectivity index (χ0v) is 13.3. The van der Waals surface area contributed by atoms with Crippen molar-refractivity contribution in [2.45, 2.75) is 19.8 Å². The molecule has 3 aliphatic rings. The van der Waals surface area contributed by atoms with E-state index in [1.165, 1.54) is 18.2 Å². The van der Waals surface area contributed by atoms with E-state index >= 15 is 0 Å². The van der Waals surface area contributed by atoms with Crippen LogP contribution in [0.4, 0.5) is 11.4 Å². The molecule has 124 valence electrons. The molecular formula is C18H18N2O4. The van der Waals surface area contributed by atoms with Crippen LogP contribution in [-0.4, -0.2) is 17.2 Å². The molecule has 0 aliphatic heterocycles. The fraction of sp³-hybridized carbons (Fsp3) is 0.444. The summed E-state index contributed by atoms with van der Waals surface area (Å²) in [6.45, 7) is 2.08. The Hall–Kier alpha value is -2.50. The van der Waals surface area contributed by atoms with Crippen molar-refractivity contribution in [2.24, 2.45) is 29.1 Å². The summed E-state index contributed by atoms with van der Waals surface area (Å²) in [5, 5.41) is 10.9. The lowest BCUT2D eigenvalue weighted by Gasteiger charge is -2.27. The Morgan fingerprint density at radius 3 is 2.62 bits per heavy atom. The second-order valence-corrected chi connectivity index (χ2v) is 7.15. The maximum absolute atomic E-state index is 13.1. The molecule has 2 amide bonds. The lowest BCUT2D eigenvalue weighted by molar-refractivity contribution is -0.384. The van der Waals surface area contributed by atoms with E-state index < -0.39 is 4.92 Å². The van der Waals surface area contributed by atoms with Crippen LogP contribution in [0.15, 0.2) is 36.4 Å². The Labute approximate surface area is 139 Å². The van der Waals surface area contributed by atoms with Gasteiger partial charge in [-0.1, -0.05) is 25.1 Å². The molecule has 0 saturated heterocycles. The van der Waals surface area contributed by atoms with Crippen molar-refractivity contribution in [3.63, 3.8) is 0 Å². The van der Waals surface area contributed by atoms with Gasteiger partial charge >= 0.3 is 0 Å². The number of carbonyl (C=O) groups is 2. The number of benzene rings is 1. The first-order chi connectivity index (χ1) is 11.5. The number of anilines is 1. The summed E-state index contributed by atoms with van der Waals surface area (Å²) in [6.07, 6.45) is 7.12. The standard InChI is InChI=1S/C18H18N2O4/c1-11-14-5-6-15(18(14)7-8-18)16(11)17(22)19(10-21)12-3-2-4-13(9-12)20(23)24/h2-6,9-11,14-16H,7-8H2,1H3/t11-,14-,15-,16+/m0/s1. The number of amides is 2. The number of nitro benzene ring substituents is 1. The van der Waals surface area contributed by atoms with Gasteiger partial charge in [0.1, 0.15) is 0 Å². The van der Waals surface area contributed by atoms with Crippen LogP contribution in [0.2, 0.25) is 0 Å². The highest BCUT2D eigenvalue weighted by molar-refractivity contribution is 6.08. The smallest absolute Gasteiger partial charge is 0.271 e. The van der Waals surface area contributed by atoms with Gasteiger partial charge in [0.15, 0.2) is 0 Å². The van der Waals surface area contributed by atoms with Crippen LogP contribution < -0.4 is 4.90 Å². The summed E-state index contributed by atoms with van der Waals surface area (Å²) in [6, 6.07) is 5.66. The Morgan fingerprint density at radius 1 is 1.33 bits per heavy atom. The molecule has 0 N–H and O–H groups in total. The molecule has 1 aromatic carbocycles. The zero-order chi connectivity index (χ0) is 17.1. The Balaban J connectivity index is 1.66. The molecule has 6 nitrogen and oxygen atoms in total. The predicted molar refractivity (Wildman–Crippen MR) is 87.1 cm³/mol. The minimum atomic E-state index is -0.529. The van der Waals surface area contributed by atoms with Gasteiger partial charge in [0.25, 0.3) is 5.69 Å². The highest BCUT2D eigenvalue weighted by Crippen LogP contribution is 2.72. The number of hydrogen-bond donors (Lipinski definition) is 0. The van der Waals surface area contributed by atoms with E-state index in [1.807, 2.05) is 0 Å². The summed E-state index contributed by atoms with van der Waals surface area (Å²) >= 11 is 0. The largest absolute Gasteiger partial charge is 0.278 e. The van der Waals surface area contributed by atoms with Crippen LogP contribution in [0.5, 0.6) is 0 Å². The lowest BCUT2D eigenvalue weighted by Crippen LogP contribution is -2.39. The quantitative estimate of drug-likeness (QED) is 0.369. The molecule has 1 aromatic rings. The summed E-state index contributed by atoms with van der Waals surface area (Å²) in [5.74, 6) is 0.311. The molecule has 1 spiro atoms. The van der Waals surface area contributed by atoms with Crippen molar-refractivity contribution in [1.29, 1.82) is 0 Å². The second-order valence-electron chi connectivity index (χ2n) is 7.15. The highest BCUT2D eigenvalue weighted by Gasteiger charge is 2.67. The number of non-ortho nitro benzene ring substituents is 1. The lowest BCUT2D eigenvalue weighted by atomic mass is 9.83. The van der Waals surface area contributed by atoms with Crippen LogP contribution in [0.3, 0.4) is 0 Å². The van der Waals surface area contributed by atoms with Gasteiger partial charge in [-0.2, -0.15) is 0 Å². The van der Waals surface area contributed by atoms with E-state index in [4.69, 9.17) is 0 Å². The van der Waals surface area contributed by atoms with Crippen LogP contribution >= 0.6 is 0 Å². The molecule has 0 heterocycles. The third-order valence-corrected chi connectivity index (χ3v) is 6.15. The average Bonchev–Trinajstić information content (AvgIpc) is 3.23. The second kappa shape index (κ2) is 5.00. The number of rotatable bonds is 4. The summed E-state index contributed by atoms with van der Waals surface area (Å²) in [4.78, 5) is 36.1. The number of hydrogen-bond acceptors (Lipinski definition) is 4. The van der Waals surface area contributed by atoms with Crippen molar-refractivity contribution in [1.82, 2.24) is 0 Å². The van der Waals surface area contributed by atoms with Crippen LogP contribution in [0.1, 0.15) is 19.8 Å². The van der Waals surface area contributed by atoms with Crippen LogP contribution in [0, 0.1) is 39.2 Å². The van der Waals surface area contributed by atoms with Crippen molar-refractivity contribution in [2.75, 3.05) is 4.90 Å². The molecule has 2 fully saturated rings. The SMILES string of the molecule is C[C@@H]1[C@@H](C(=O)N(C=O)c2cccc([N+](=O)[O-])c2)[C@@H]2C=C[C@@H]1C21CC1. The third kappa shape index (κ3) is 1.89. The molecule has 0 unspecified atom stereocenters. The van der Waals surface area contributed by atoms with E-state index in [9.17, 15) is 19.7 Å². The normalized spacial score (nSPS) is 31.2. The molecule has 4 atom stereocenters. The molecule has 2 saturated carbocycles. The molecular weight excluding hydrogens is 308 g/mol. The van der Waals surface area contributed by atoms with E-state index in [0.717, 1.165) is 17.7 Å². The van der Waals surface area contributed by atoms with Gasteiger partial charge < -0.3 is 0 Å². The number of allylic oxidation sites excluding steroid dienone is 2. The van der Waals surface area contributed by atoms with E-state index in [1.54, 1.807) is 6.07 Å². The van der Waals surface area contributed by atoms with Gasteiger partial charge in [-0.25, -0.2) is 0 Å². The molecule has 24 heavy (non-hydrogen) atoms. The maximum atomic E-state index is 13.1. The Morgan fingerprint density at radius 2 is 2.04 bits per heavy atom. The van der Waals surface area contributed by atoms with Crippen molar-refractivity contribution in [3.05, 3.63) is 46.5 Å². The number of nitro groups is 1. The Bertz CT molecular complexity index is 768. The monoisotopic (exact) mass is 326 g/mol. The first-order valence-corrected chi connectivity index (χ1v) is 8.21. The first-order valence-electron chi connectivity index (χ1n) is 8.21. The molecule has 3 aliphatic carbocycles. The van der Waals surface area contributed by atoms with Gasteiger partial charge in [-0.05, 0) is 42.1 Å². The van der Waals surface area contributed by atoms with Gasteiger partial charge in [-0.3, -0.25) is 24.6 Å². The number of imide groups is 1. The highest BCUT2D eigenvalue weighted by atomic mass is 16.6. The molecule has 4 rings (SSSR count).